The van der Waals surface area contributed by atoms with E-state index in [1.165, 1.54) is 50.5 Å². The zero-order valence-electron chi connectivity index (χ0n) is 12.8. The van der Waals surface area contributed by atoms with Crippen LogP contribution >= 0.6 is 11.5 Å². The van der Waals surface area contributed by atoms with E-state index in [0.717, 1.165) is 18.1 Å². The summed E-state index contributed by atoms with van der Waals surface area (Å²) in [5, 5.41) is 3.82. The van der Waals surface area contributed by atoms with Gasteiger partial charge in [0.05, 0.1) is 0 Å². The maximum atomic E-state index is 12.3. The Morgan fingerprint density at radius 1 is 1.33 bits per heavy atom. The van der Waals surface area contributed by atoms with Gasteiger partial charge >= 0.3 is 0 Å². The van der Waals surface area contributed by atoms with Crippen molar-refractivity contribution in [2.24, 2.45) is 5.41 Å². The lowest BCUT2D eigenvalue weighted by Crippen LogP contribution is -2.29. The third-order valence-corrected chi connectivity index (χ3v) is 6.99. The van der Waals surface area contributed by atoms with Gasteiger partial charge in [0.1, 0.15) is 5.00 Å². The van der Waals surface area contributed by atoms with E-state index in [-0.39, 0.29) is 16.1 Å². The minimum atomic E-state index is -3.57. The number of nitrogens with two attached hydrogens (primary N) is 1. The summed E-state index contributed by atoms with van der Waals surface area (Å²) in [6.07, 6.45) is 6.12. The summed E-state index contributed by atoms with van der Waals surface area (Å²) in [6.45, 7) is 3.01. The highest BCUT2D eigenvalue weighted by Crippen LogP contribution is 2.38. The number of aromatic nitrogens is 1. The molecule has 1 aromatic heterocycles. The average molecular weight is 332 g/mol. The van der Waals surface area contributed by atoms with E-state index in [1.807, 2.05) is 0 Å². The van der Waals surface area contributed by atoms with E-state index in [4.69, 9.17) is 5.73 Å². The fourth-order valence-corrected chi connectivity index (χ4v) is 4.79. The molecule has 6 nitrogen and oxygen atoms in total. The monoisotopic (exact) mass is 332 g/mol. The second kappa shape index (κ2) is 6.10. The highest BCUT2D eigenvalue weighted by Gasteiger charge is 2.30. The van der Waals surface area contributed by atoms with Crippen LogP contribution in [0.1, 0.15) is 39.0 Å². The highest BCUT2D eigenvalue weighted by molar-refractivity contribution is 7.89. The van der Waals surface area contributed by atoms with E-state index in [0.29, 0.717) is 5.00 Å². The average Bonchev–Trinajstić information content (AvgIpc) is 2.79. The van der Waals surface area contributed by atoms with Crippen LogP contribution in [0, 0.1) is 5.41 Å². The van der Waals surface area contributed by atoms with Crippen molar-refractivity contribution < 1.29 is 8.42 Å². The van der Waals surface area contributed by atoms with Gasteiger partial charge in [0.25, 0.3) is 0 Å². The molecule has 0 aromatic carbocycles. The summed E-state index contributed by atoms with van der Waals surface area (Å²) in [4.78, 5) is 0.108. The van der Waals surface area contributed by atoms with Crippen LogP contribution in [0.5, 0.6) is 0 Å². The molecule has 0 unspecified atom stereocenters. The predicted octanol–water partition coefficient (Wildman–Crippen LogP) is 2.36. The maximum Gasteiger partial charge on any atom is 0.249 e. The van der Waals surface area contributed by atoms with Gasteiger partial charge in [-0.25, -0.2) is 12.7 Å². The molecule has 0 saturated heterocycles. The van der Waals surface area contributed by atoms with Crippen molar-refractivity contribution in [3.05, 3.63) is 0 Å². The Balaban J connectivity index is 2.18. The molecule has 0 bridgehead atoms. The fraction of sp³-hybridized carbons (Fsp3) is 0.769. The molecule has 0 radical (unpaired) electrons. The molecule has 2 rings (SSSR count). The molecular formula is C13H24N4O2S2. The van der Waals surface area contributed by atoms with Gasteiger partial charge < -0.3 is 11.1 Å². The first kappa shape index (κ1) is 16.5. The number of anilines is 2. The van der Waals surface area contributed by atoms with Gasteiger partial charge in [0.15, 0.2) is 10.7 Å². The third kappa shape index (κ3) is 3.49. The van der Waals surface area contributed by atoms with Crippen molar-refractivity contribution in [1.82, 2.24) is 8.68 Å². The predicted molar refractivity (Wildman–Crippen MR) is 87.1 cm³/mol. The van der Waals surface area contributed by atoms with Gasteiger partial charge in [-0.05, 0) is 29.8 Å². The zero-order chi connectivity index (χ0) is 15.7. The van der Waals surface area contributed by atoms with E-state index < -0.39 is 10.0 Å². The number of hydrogen-bond donors (Lipinski definition) is 2. The molecule has 1 heterocycles. The van der Waals surface area contributed by atoms with Gasteiger partial charge in [-0.3, -0.25) is 0 Å². The molecule has 1 aliphatic carbocycles. The van der Waals surface area contributed by atoms with Crippen molar-refractivity contribution >= 4 is 32.4 Å². The number of nitrogens with one attached hydrogen (secondary N) is 1. The lowest BCUT2D eigenvalue weighted by Gasteiger charge is -2.33. The van der Waals surface area contributed by atoms with Crippen LogP contribution in [-0.2, 0) is 10.0 Å². The van der Waals surface area contributed by atoms with Crippen LogP contribution in [0.2, 0.25) is 0 Å². The molecule has 1 aromatic rings. The van der Waals surface area contributed by atoms with Crippen LogP contribution in [0.15, 0.2) is 4.90 Å². The van der Waals surface area contributed by atoms with Crippen molar-refractivity contribution in [2.75, 3.05) is 31.7 Å². The van der Waals surface area contributed by atoms with Gasteiger partial charge in [-0.1, -0.05) is 26.2 Å². The summed E-state index contributed by atoms with van der Waals surface area (Å²) in [7, 11) is -0.576. The Morgan fingerprint density at radius 3 is 2.52 bits per heavy atom. The van der Waals surface area contributed by atoms with Crippen LogP contribution in [0.4, 0.5) is 10.8 Å². The van der Waals surface area contributed by atoms with Crippen LogP contribution in [0.25, 0.3) is 0 Å². The zero-order valence-corrected chi connectivity index (χ0v) is 14.5. The Hall–Kier alpha value is -0.860. The lowest BCUT2D eigenvalue weighted by atomic mass is 9.76. The standard InChI is InChI=1S/C13H24N4O2S2/c1-13(7-5-4-6-8-13)9-15-12-10(11(14)16-20-12)21(18,19)17(2)3/h15H,4-9H2,1-3H3,(H2,14,16). The molecule has 1 aliphatic rings. The molecule has 8 heteroatoms. The molecule has 120 valence electrons. The van der Waals surface area contributed by atoms with Crippen molar-refractivity contribution in [1.29, 1.82) is 0 Å². The molecule has 0 aliphatic heterocycles. The SMILES string of the molecule is CN(C)S(=O)(=O)c1c(N)nsc1NCC1(C)CCCCC1. The Kier molecular flexibility index (Phi) is 4.79. The Bertz CT molecular complexity index is 589. The summed E-state index contributed by atoms with van der Waals surface area (Å²) in [5.74, 6) is 0.0741. The number of nitrogens with zero attached hydrogens (tertiary/aromatic N) is 2. The Labute approximate surface area is 130 Å². The minimum Gasteiger partial charge on any atom is -0.382 e. The largest absolute Gasteiger partial charge is 0.382 e. The van der Waals surface area contributed by atoms with Crippen molar-refractivity contribution in [2.45, 2.75) is 43.9 Å². The quantitative estimate of drug-likeness (QED) is 0.864. The smallest absolute Gasteiger partial charge is 0.249 e. The highest BCUT2D eigenvalue weighted by atomic mass is 32.2. The number of sulfonamides is 1. The van der Waals surface area contributed by atoms with Gasteiger partial charge in [0.2, 0.25) is 10.0 Å². The molecule has 1 fully saturated rings. The normalized spacial score (nSPS) is 18.9. The lowest BCUT2D eigenvalue weighted by molar-refractivity contribution is 0.233. The molecular weight excluding hydrogens is 308 g/mol. The molecule has 0 atom stereocenters. The summed E-state index contributed by atoms with van der Waals surface area (Å²) in [5.41, 5.74) is 5.98. The first-order valence-corrected chi connectivity index (χ1v) is 9.39. The van der Waals surface area contributed by atoms with Crippen LogP contribution in [-0.4, -0.2) is 37.7 Å². The van der Waals surface area contributed by atoms with Gasteiger partial charge in [-0.15, -0.1) is 0 Å². The molecule has 0 amide bonds. The third-order valence-electron chi connectivity index (χ3n) is 4.15. The van der Waals surface area contributed by atoms with E-state index in [1.54, 1.807) is 0 Å². The van der Waals surface area contributed by atoms with E-state index in [9.17, 15) is 8.42 Å². The van der Waals surface area contributed by atoms with E-state index >= 15 is 0 Å². The summed E-state index contributed by atoms with van der Waals surface area (Å²) >= 11 is 1.12. The van der Waals surface area contributed by atoms with Gasteiger partial charge in [-0.2, -0.15) is 4.37 Å². The molecule has 1 saturated carbocycles. The van der Waals surface area contributed by atoms with Crippen molar-refractivity contribution in [3.63, 3.8) is 0 Å². The molecule has 21 heavy (non-hydrogen) atoms. The second-order valence-electron chi connectivity index (χ2n) is 6.24. The minimum absolute atomic E-state index is 0.0741. The molecule has 0 spiro atoms. The first-order chi connectivity index (χ1) is 9.76. The Morgan fingerprint density at radius 2 is 1.95 bits per heavy atom. The van der Waals surface area contributed by atoms with Crippen molar-refractivity contribution in [3.8, 4) is 0 Å². The van der Waals surface area contributed by atoms with Crippen LogP contribution < -0.4 is 11.1 Å². The fourth-order valence-electron chi connectivity index (χ4n) is 2.71. The maximum absolute atomic E-state index is 12.3. The number of nitrogen functional groups attached to an aromatic ring is 1. The summed E-state index contributed by atoms with van der Waals surface area (Å²) in [6, 6.07) is 0. The number of rotatable bonds is 5. The molecule has 3 N–H and O–H groups in total. The topological polar surface area (TPSA) is 88.3 Å². The summed E-state index contributed by atoms with van der Waals surface area (Å²) < 4.78 is 29.8. The van der Waals surface area contributed by atoms with Gasteiger partial charge in [0, 0.05) is 20.6 Å². The first-order valence-electron chi connectivity index (χ1n) is 7.18. The van der Waals surface area contributed by atoms with E-state index in [2.05, 4.69) is 16.6 Å². The number of hydrogen-bond acceptors (Lipinski definition) is 6. The van der Waals surface area contributed by atoms with Crippen LogP contribution in [0.3, 0.4) is 0 Å². The second-order valence-corrected chi connectivity index (χ2v) is 9.10.